The van der Waals surface area contributed by atoms with E-state index in [-0.39, 0.29) is 24.5 Å². The number of amides is 2. The van der Waals surface area contributed by atoms with Gasteiger partial charge in [0.1, 0.15) is 5.82 Å². The molecule has 0 unspecified atom stereocenters. The van der Waals surface area contributed by atoms with Crippen LogP contribution in [0.4, 0.5) is 9.18 Å². The molecule has 2 N–H and O–H groups in total. The van der Waals surface area contributed by atoms with Crippen molar-refractivity contribution in [2.75, 3.05) is 20.1 Å². The van der Waals surface area contributed by atoms with Gasteiger partial charge in [-0.2, -0.15) is 0 Å². The molecule has 1 rings (SSSR count). The van der Waals surface area contributed by atoms with Crippen LogP contribution in [0.15, 0.2) is 18.2 Å². The Hall–Kier alpha value is -1.82. The standard InChI is InChI=1S/C15H20ClFN2O3/c1-15(2,10-5-4-6-11(16)13(10)17)9-18-14(22)19(3)8-7-12(20)21/h4-6H,7-9H2,1-3H3,(H,18,22)(H,20,21). The first kappa shape index (κ1) is 18.2. The van der Waals surface area contributed by atoms with Crippen LogP contribution in [0.2, 0.25) is 5.02 Å². The number of carbonyl (C=O) groups excluding carboxylic acids is 1. The monoisotopic (exact) mass is 330 g/mol. The number of hydrogen-bond acceptors (Lipinski definition) is 2. The number of nitrogens with one attached hydrogen (secondary N) is 1. The van der Waals surface area contributed by atoms with Gasteiger partial charge in [0, 0.05) is 25.6 Å². The van der Waals surface area contributed by atoms with Crippen LogP contribution in [-0.4, -0.2) is 42.1 Å². The highest BCUT2D eigenvalue weighted by Gasteiger charge is 2.26. The molecule has 1 aromatic carbocycles. The summed E-state index contributed by atoms with van der Waals surface area (Å²) in [5.74, 6) is -1.47. The fraction of sp³-hybridized carbons (Fsp3) is 0.467. The number of halogens is 2. The Kier molecular flexibility index (Phi) is 6.17. The third-order valence-electron chi connectivity index (χ3n) is 3.37. The highest BCUT2D eigenvalue weighted by molar-refractivity contribution is 6.30. The summed E-state index contributed by atoms with van der Waals surface area (Å²) < 4.78 is 14.1. The first-order valence-electron chi connectivity index (χ1n) is 6.80. The average Bonchev–Trinajstić information content (AvgIpc) is 2.44. The van der Waals surface area contributed by atoms with Crippen molar-refractivity contribution in [1.82, 2.24) is 10.2 Å². The topological polar surface area (TPSA) is 69.6 Å². The van der Waals surface area contributed by atoms with Gasteiger partial charge in [0.2, 0.25) is 0 Å². The molecule has 0 aliphatic carbocycles. The van der Waals surface area contributed by atoms with Crippen molar-refractivity contribution in [3.05, 3.63) is 34.6 Å². The lowest BCUT2D eigenvalue weighted by atomic mass is 9.84. The minimum absolute atomic E-state index is 0.0375. The molecule has 0 saturated heterocycles. The molecule has 22 heavy (non-hydrogen) atoms. The SMILES string of the molecule is CN(CCC(=O)O)C(=O)NCC(C)(C)c1cccc(Cl)c1F. The van der Waals surface area contributed by atoms with E-state index in [0.29, 0.717) is 5.56 Å². The van der Waals surface area contributed by atoms with E-state index in [1.165, 1.54) is 18.0 Å². The molecule has 1 aromatic rings. The van der Waals surface area contributed by atoms with Crippen LogP contribution in [0.25, 0.3) is 0 Å². The quantitative estimate of drug-likeness (QED) is 0.842. The number of carbonyl (C=O) groups is 2. The molecule has 0 aliphatic heterocycles. The molecule has 0 fully saturated rings. The van der Waals surface area contributed by atoms with Gasteiger partial charge in [-0.25, -0.2) is 9.18 Å². The molecule has 0 spiro atoms. The second-order valence-electron chi connectivity index (χ2n) is 5.71. The van der Waals surface area contributed by atoms with Gasteiger partial charge in [0.05, 0.1) is 11.4 Å². The van der Waals surface area contributed by atoms with Crippen molar-refractivity contribution in [2.45, 2.75) is 25.7 Å². The van der Waals surface area contributed by atoms with Crippen molar-refractivity contribution in [3.63, 3.8) is 0 Å². The molecule has 0 heterocycles. The zero-order valence-electron chi connectivity index (χ0n) is 12.8. The summed E-state index contributed by atoms with van der Waals surface area (Å²) in [6.07, 6.45) is -0.129. The molecular weight excluding hydrogens is 311 g/mol. The van der Waals surface area contributed by atoms with Crippen LogP contribution in [0, 0.1) is 5.82 Å². The first-order valence-corrected chi connectivity index (χ1v) is 7.18. The van der Waals surface area contributed by atoms with E-state index in [0.717, 1.165) is 0 Å². The summed E-state index contributed by atoms with van der Waals surface area (Å²) in [6.45, 7) is 3.88. The van der Waals surface area contributed by atoms with E-state index in [1.54, 1.807) is 26.0 Å². The Bertz CT molecular complexity index is 564. The predicted molar refractivity (Wildman–Crippen MR) is 82.7 cm³/mol. The van der Waals surface area contributed by atoms with Gasteiger partial charge >= 0.3 is 12.0 Å². The van der Waals surface area contributed by atoms with Crippen molar-refractivity contribution in [3.8, 4) is 0 Å². The minimum Gasteiger partial charge on any atom is -0.481 e. The average molecular weight is 331 g/mol. The molecule has 0 saturated carbocycles. The number of urea groups is 1. The Morgan fingerprint density at radius 2 is 2.05 bits per heavy atom. The number of nitrogens with zero attached hydrogens (tertiary/aromatic N) is 1. The van der Waals surface area contributed by atoms with Crippen LogP contribution in [-0.2, 0) is 10.2 Å². The summed E-state index contributed by atoms with van der Waals surface area (Å²) in [5.41, 5.74) is -0.244. The maximum absolute atomic E-state index is 14.1. The Labute approximate surface area is 134 Å². The second kappa shape index (κ2) is 7.45. The highest BCUT2D eigenvalue weighted by Crippen LogP contribution is 2.28. The normalized spacial score (nSPS) is 11.1. The van der Waals surface area contributed by atoms with Gasteiger partial charge in [0.25, 0.3) is 0 Å². The summed E-state index contributed by atoms with van der Waals surface area (Å²) in [7, 11) is 1.51. The molecule has 0 bridgehead atoms. The van der Waals surface area contributed by atoms with Crippen LogP contribution in [0.3, 0.4) is 0 Å². The number of aliphatic carboxylic acids is 1. The van der Waals surface area contributed by atoms with Gasteiger partial charge in [-0.1, -0.05) is 37.6 Å². The van der Waals surface area contributed by atoms with Gasteiger partial charge in [-0.3, -0.25) is 4.79 Å². The largest absolute Gasteiger partial charge is 0.481 e. The molecule has 0 atom stereocenters. The molecule has 0 radical (unpaired) electrons. The second-order valence-corrected chi connectivity index (χ2v) is 6.12. The van der Waals surface area contributed by atoms with Crippen molar-refractivity contribution in [1.29, 1.82) is 0 Å². The molecule has 122 valence electrons. The molecule has 2 amide bonds. The van der Waals surface area contributed by atoms with Crippen molar-refractivity contribution < 1.29 is 19.1 Å². The first-order chi connectivity index (χ1) is 10.1. The third kappa shape index (κ3) is 4.87. The van der Waals surface area contributed by atoms with Crippen molar-refractivity contribution in [2.24, 2.45) is 0 Å². The lowest BCUT2D eigenvalue weighted by molar-refractivity contribution is -0.137. The Morgan fingerprint density at radius 3 is 2.64 bits per heavy atom. The van der Waals surface area contributed by atoms with E-state index >= 15 is 0 Å². The summed E-state index contributed by atoms with van der Waals surface area (Å²) >= 11 is 5.78. The number of hydrogen-bond donors (Lipinski definition) is 2. The summed E-state index contributed by atoms with van der Waals surface area (Å²) in [6, 6.07) is 4.34. The zero-order chi connectivity index (χ0) is 16.9. The van der Waals surface area contributed by atoms with Crippen LogP contribution in [0.1, 0.15) is 25.8 Å². The molecule has 5 nitrogen and oxygen atoms in total. The lowest BCUT2D eigenvalue weighted by Crippen LogP contribution is -2.44. The number of rotatable bonds is 6. The fourth-order valence-electron chi connectivity index (χ4n) is 1.92. The number of benzene rings is 1. The molecular formula is C15H20ClFN2O3. The number of carboxylic acids is 1. The zero-order valence-corrected chi connectivity index (χ0v) is 13.6. The maximum Gasteiger partial charge on any atom is 0.317 e. The van der Waals surface area contributed by atoms with Gasteiger partial charge in [-0.15, -0.1) is 0 Å². The molecule has 0 aromatic heterocycles. The minimum atomic E-state index is -0.971. The maximum atomic E-state index is 14.1. The third-order valence-corrected chi connectivity index (χ3v) is 3.66. The summed E-state index contributed by atoms with van der Waals surface area (Å²) in [4.78, 5) is 23.6. The molecule has 0 aliphatic rings. The molecule has 7 heteroatoms. The van der Waals surface area contributed by atoms with Gasteiger partial charge < -0.3 is 15.3 Å². The fourth-order valence-corrected chi connectivity index (χ4v) is 2.09. The summed E-state index contributed by atoms with van der Waals surface area (Å²) in [5, 5.41) is 11.3. The van der Waals surface area contributed by atoms with Crippen LogP contribution < -0.4 is 5.32 Å². The van der Waals surface area contributed by atoms with E-state index in [2.05, 4.69) is 5.32 Å². The van der Waals surface area contributed by atoms with E-state index in [1.807, 2.05) is 0 Å². The predicted octanol–water partition coefficient (Wildman–Crippen LogP) is 2.87. The lowest BCUT2D eigenvalue weighted by Gasteiger charge is -2.28. The van der Waals surface area contributed by atoms with Gasteiger partial charge in [0.15, 0.2) is 0 Å². The Morgan fingerprint density at radius 1 is 1.41 bits per heavy atom. The Balaban J connectivity index is 2.67. The van der Waals surface area contributed by atoms with E-state index in [4.69, 9.17) is 16.7 Å². The highest BCUT2D eigenvalue weighted by atomic mass is 35.5. The number of carboxylic acid groups (broad SMARTS) is 1. The van der Waals surface area contributed by atoms with E-state index < -0.39 is 23.2 Å². The van der Waals surface area contributed by atoms with E-state index in [9.17, 15) is 14.0 Å². The van der Waals surface area contributed by atoms with Gasteiger partial charge in [-0.05, 0) is 11.6 Å². The smallest absolute Gasteiger partial charge is 0.317 e. The van der Waals surface area contributed by atoms with Crippen molar-refractivity contribution >= 4 is 23.6 Å². The van der Waals surface area contributed by atoms with Crippen LogP contribution >= 0.6 is 11.6 Å². The van der Waals surface area contributed by atoms with Crippen LogP contribution in [0.5, 0.6) is 0 Å².